The van der Waals surface area contributed by atoms with Gasteiger partial charge in [-0.2, -0.15) is 4.31 Å². The minimum Gasteiger partial charge on any atom is -0.346 e. The molecule has 0 spiro atoms. The fourth-order valence-corrected chi connectivity index (χ4v) is 4.73. The Morgan fingerprint density at radius 3 is 2.32 bits per heavy atom. The van der Waals surface area contributed by atoms with E-state index in [4.69, 9.17) is 0 Å². The van der Waals surface area contributed by atoms with Gasteiger partial charge in [0.2, 0.25) is 10.0 Å². The predicted molar refractivity (Wildman–Crippen MR) is 110 cm³/mol. The molecule has 1 aliphatic rings. The Bertz CT molecular complexity index is 937. The van der Waals surface area contributed by atoms with E-state index in [1.165, 1.54) is 10.4 Å². The molecule has 0 aromatic heterocycles. The van der Waals surface area contributed by atoms with Crippen molar-refractivity contribution in [2.75, 3.05) is 33.2 Å². The van der Waals surface area contributed by atoms with Gasteiger partial charge in [0, 0.05) is 31.7 Å². The van der Waals surface area contributed by atoms with Crippen molar-refractivity contribution in [3.05, 3.63) is 65.2 Å². The zero-order valence-electron chi connectivity index (χ0n) is 16.6. The molecule has 0 bridgehead atoms. The van der Waals surface area contributed by atoms with Gasteiger partial charge in [-0.3, -0.25) is 4.79 Å². The lowest BCUT2D eigenvalue weighted by Crippen LogP contribution is -2.47. The van der Waals surface area contributed by atoms with Crippen LogP contribution in [0, 0.1) is 6.92 Å². The molecular weight excluding hydrogens is 374 g/mol. The Labute approximate surface area is 167 Å². The van der Waals surface area contributed by atoms with E-state index in [2.05, 4.69) is 10.2 Å². The molecule has 1 unspecified atom stereocenters. The van der Waals surface area contributed by atoms with Crippen molar-refractivity contribution in [2.24, 2.45) is 0 Å². The van der Waals surface area contributed by atoms with Crippen LogP contribution in [0.3, 0.4) is 0 Å². The standard InChI is InChI=1S/C21H27N3O3S/c1-16-9-10-19(28(26,27)24-13-11-23(3)12-14-24)15-20(16)21(25)22-17(2)18-7-5-4-6-8-18/h4-10,15,17H,11-14H2,1-3H3,(H,22,25). The van der Waals surface area contributed by atoms with Gasteiger partial charge in [0.15, 0.2) is 0 Å². The quantitative estimate of drug-likeness (QED) is 0.835. The van der Waals surface area contributed by atoms with Crippen LogP contribution in [0.5, 0.6) is 0 Å². The lowest BCUT2D eigenvalue weighted by Gasteiger charge is -2.31. The number of amides is 1. The first-order valence-electron chi connectivity index (χ1n) is 9.44. The minimum absolute atomic E-state index is 0.167. The van der Waals surface area contributed by atoms with Crippen molar-refractivity contribution in [2.45, 2.75) is 24.8 Å². The van der Waals surface area contributed by atoms with Crippen LogP contribution >= 0.6 is 0 Å². The highest BCUT2D eigenvalue weighted by atomic mass is 32.2. The second-order valence-corrected chi connectivity index (χ2v) is 9.23. The van der Waals surface area contributed by atoms with Crippen LogP contribution in [0.4, 0.5) is 0 Å². The van der Waals surface area contributed by atoms with E-state index in [-0.39, 0.29) is 16.8 Å². The lowest BCUT2D eigenvalue weighted by molar-refractivity contribution is 0.0939. The Morgan fingerprint density at radius 2 is 1.68 bits per heavy atom. The maximum absolute atomic E-state index is 13.0. The van der Waals surface area contributed by atoms with Crippen LogP contribution in [0.25, 0.3) is 0 Å². The first kappa shape index (κ1) is 20.5. The molecule has 1 heterocycles. The third-order valence-corrected chi connectivity index (χ3v) is 7.10. The van der Waals surface area contributed by atoms with Crippen molar-refractivity contribution in [3.63, 3.8) is 0 Å². The maximum Gasteiger partial charge on any atom is 0.252 e. The summed E-state index contributed by atoms with van der Waals surface area (Å²) in [4.78, 5) is 15.1. The van der Waals surface area contributed by atoms with Crippen LogP contribution in [0.2, 0.25) is 0 Å². The van der Waals surface area contributed by atoms with Gasteiger partial charge >= 0.3 is 0 Å². The largest absolute Gasteiger partial charge is 0.346 e. The number of carbonyl (C=O) groups excluding carboxylic acids is 1. The average Bonchev–Trinajstić information content (AvgIpc) is 2.69. The van der Waals surface area contributed by atoms with Gasteiger partial charge in [-0.15, -0.1) is 0 Å². The van der Waals surface area contributed by atoms with Gasteiger partial charge in [0.1, 0.15) is 0 Å². The van der Waals surface area contributed by atoms with Gasteiger partial charge < -0.3 is 10.2 Å². The molecule has 6 nitrogen and oxygen atoms in total. The molecule has 7 heteroatoms. The van der Waals surface area contributed by atoms with Gasteiger partial charge in [0.25, 0.3) is 5.91 Å². The van der Waals surface area contributed by atoms with Crippen molar-refractivity contribution in [1.82, 2.24) is 14.5 Å². The summed E-state index contributed by atoms with van der Waals surface area (Å²) in [5, 5.41) is 2.96. The number of benzene rings is 2. The second-order valence-electron chi connectivity index (χ2n) is 7.29. The van der Waals surface area contributed by atoms with Crippen LogP contribution < -0.4 is 5.32 Å². The molecule has 1 atom stereocenters. The number of nitrogens with zero attached hydrogens (tertiary/aromatic N) is 2. The first-order chi connectivity index (χ1) is 13.3. The molecule has 3 rings (SSSR count). The van der Waals surface area contributed by atoms with Crippen LogP contribution in [-0.2, 0) is 10.0 Å². The molecule has 0 aliphatic carbocycles. The number of carbonyl (C=O) groups is 1. The smallest absolute Gasteiger partial charge is 0.252 e. The summed E-state index contributed by atoms with van der Waals surface area (Å²) in [6.07, 6.45) is 0. The molecule has 1 aliphatic heterocycles. The number of piperazine rings is 1. The zero-order chi connectivity index (χ0) is 20.3. The maximum atomic E-state index is 13.0. The number of hydrogen-bond donors (Lipinski definition) is 1. The summed E-state index contributed by atoms with van der Waals surface area (Å²) >= 11 is 0. The molecule has 2 aromatic carbocycles. The van der Waals surface area contributed by atoms with E-state index in [0.29, 0.717) is 31.7 Å². The van der Waals surface area contributed by atoms with Crippen molar-refractivity contribution < 1.29 is 13.2 Å². The number of nitrogens with one attached hydrogen (secondary N) is 1. The molecule has 150 valence electrons. The van der Waals surface area contributed by atoms with Gasteiger partial charge in [-0.25, -0.2) is 8.42 Å². The summed E-state index contributed by atoms with van der Waals surface area (Å²) in [7, 11) is -1.63. The van der Waals surface area contributed by atoms with Crippen LogP contribution in [0.1, 0.15) is 34.5 Å². The summed E-state index contributed by atoms with van der Waals surface area (Å²) in [5.41, 5.74) is 2.13. The van der Waals surface area contributed by atoms with E-state index in [0.717, 1.165) is 11.1 Å². The van der Waals surface area contributed by atoms with Crippen molar-refractivity contribution >= 4 is 15.9 Å². The summed E-state index contributed by atoms with van der Waals surface area (Å²) < 4.78 is 27.5. The molecule has 28 heavy (non-hydrogen) atoms. The van der Waals surface area contributed by atoms with Gasteiger partial charge in [0.05, 0.1) is 10.9 Å². The summed E-state index contributed by atoms with van der Waals surface area (Å²) in [6.45, 7) is 6.04. The van der Waals surface area contributed by atoms with Crippen LogP contribution in [-0.4, -0.2) is 56.8 Å². The Morgan fingerprint density at radius 1 is 1.04 bits per heavy atom. The molecular formula is C21H27N3O3S. The number of likely N-dealkylation sites (N-methyl/N-ethyl adjacent to an activating group) is 1. The van der Waals surface area contributed by atoms with Crippen molar-refractivity contribution in [1.29, 1.82) is 0 Å². The Hall–Kier alpha value is -2.22. The SMILES string of the molecule is Cc1ccc(S(=O)(=O)N2CCN(C)CC2)cc1C(=O)NC(C)c1ccccc1. The van der Waals surface area contributed by atoms with E-state index >= 15 is 0 Å². The van der Waals surface area contributed by atoms with Crippen molar-refractivity contribution in [3.8, 4) is 0 Å². The van der Waals surface area contributed by atoms with E-state index in [1.54, 1.807) is 12.1 Å². The Balaban J connectivity index is 1.82. The number of aryl methyl sites for hydroxylation is 1. The molecule has 2 aromatic rings. The van der Waals surface area contributed by atoms with Gasteiger partial charge in [-0.1, -0.05) is 36.4 Å². The third-order valence-electron chi connectivity index (χ3n) is 5.20. The lowest BCUT2D eigenvalue weighted by atomic mass is 10.1. The topological polar surface area (TPSA) is 69.7 Å². The molecule has 0 radical (unpaired) electrons. The second kappa shape index (κ2) is 8.43. The normalized spacial score (nSPS) is 17.2. The number of rotatable bonds is 5. The minimum atomic E-state index is -3.61. The highest BCUT2D eigenvalue weighted by Crippen LogP contribution is 2.22. The predicted octanol–water partition coefficient (Wildman–Crippen LogP) is 2.42. The first-order valence-corrected chi connectivity index (χ1v) is 10.9. The molecule has 1 saturated heterocycles. The Kier molecular flexibility index (Phi) is 6.17. The molecule has 0 saturated carbocycles. The highest BCUT2D eigenvalue weighted by molar-refractivity contribution is 7.89. The number of sulfonamides is 1. The summed E-state index contributed by atoms with van der Waals surface area (Å²) in [6, 6.07) is 14.3. The van der Waals surface area contributed by atoms with E-state index in [9.17, 15) is 13.2 Å². The van der Waals surface area contributed by atoms with E-state index in [1.807, 2.05) is 51.2 Å². The zero-order valence-corrected chi connectivity index (χ0v) is 17.4. The third kappa shape index (κ3) is 4.43. The molecule has 1 fully saturated rings. The fraction of sp³-hybridized carbons (Fsp3) is 0.381. The highest BCUT2D eigenvalue weighted by Gasteiger charge is 2.28. The average molecular weight is 402 g/mol. The van der Waals surface area contributed by atoms with Crippen LogP contribution in [0.15, 0.2) is 53.4 Å². The fourth-order valence-electron chi connectivity index (χ4n) is 3.28. The monoisotopic (exact) mass is 401 g/mol. The molecule has 1 N–H and O–H groups in total. The van der Waals surface area contributed by atoms with Gasteiger partial charge in [-0.05, 0) is 44.2 Å². The number of hydrogen-bond acceptors (Lipinski definition) is 4. The summed E-state index contributed by atoms with van der Waals surface area (Å²) in [5.74, 6) is -0.274. The van der Waals surface area contributed by atoms with E-state index < -0.39 is 10.0 Å². The molecule has 1 amide bonds.